The highest BCUT2D eigenvalue weighted by molar-refractivity contribution is 5.81. The van der Waals surface area contributed by atoms with Crippen molar-refractivity contribution < 1.29 is 9.53 Å². The van der Waals surface area contributed by atoms with E-state index in [1.165, 1.54) is 11.1 Å². The van der Waals surface area contributed by atoms with Crippen LogP contribution in [0, 0.1) is 20.8 Å². The Kier molecular flexibility index (Phi) is 5.38. The van der Waals surface area contributed by atoms with Crippen LogP contribution in [0.4, 0.5) is 0 Å². The summed E-state index contributed by atoms with van der Waals surface area (Å²) in [6.45, 7) is 7.24. The summed E-state index contributed by atoms with van der Waals surface area (Å²) in [5.41, 5.74) is 7.26. The average molecular weight is 351 g/mol. The first kappa shape index (κ1) is 18.1. The van der Waals surface area contributed by atoms with Gasteiger partial charge in [-0.2, -0.15) is 0 Å². The summed E-state index contributed by atoms with van der Waals surface area (Å²) >= 11 is 0. The number of methoxy groups -OCH3 is 1. The number of hydrogen-bond donors (Lipinski definition) is 1. The normalized spacial score (nSPS) is 11.1. The summed E-state index contributed by atoms with van der Waals surface area (Å²) in [4.78, 5) is 17.2. The van der Waals surface area contributed by atoms with Crippen molar-refractivity contribution in [2.45, 2.75) is 27.2 Å². The van der Waals surface area contributed by atoms with Crippen LogP contribution in [-0.4, -0.2) is 35.6 Å². The number of fused-ring (bicyclic) bond motifs is 1. The van der Waals surface area contributed by atoms with Crippen LogP contribution in [0.3, 0.4) is 0 Å². The number of aromatic nitrogens is 2. The van der Waals surface area contributed by atoms with Gasteiger partial charge in [-0.1, -0.05) is 12.1 Å². The third-order valence-corrected chi connectivity index (χ3v) is 4.62. The summed E-state index contributed by atoms with van der Waals surface area (Å²) in [6.07, 6.45) is 2.26. The monoisotopic (exact) mass is 351 g/mol. The fourth-order valence-electron chi connectivity index (χ4n) is 2.99. The van der Waals surface area contributed by atoms with Gasteiger partial charge in [0.05, 0.1) is 24.4 Å². The number of aryl methyl sites for hydroxylation is 3. The second-order valence-corrected chi connectivity index (χ2v) is 6.66. The van der Waals surface area contributed by atoms with Crippen molar-refractivity contribution in [3.63, 3.8) is 0 Å². The molecule has 0 saturated heterocycles. The second kappa shape index (κ2) is 7.70. The summed E-state index contributed by atoms with van der Waals surface area (Å²) in [5.74, 6) is -0.0329. The number of nitrogens with one attached hydrogen (secondary N) is 1. The second-order valence-electron chi connectivity index (χ2n) is 6.66. The lowest BCUT2D eigenvalue weighted by molar-refractivity contribution is -0.120. The van der Waals surface area contributed by atoms with Crippen molar-refractivity contribution >= 4 is 11.6 Å². The number of carbonyl (C=O) groups is 1. The number of nitrogens with zero attached hydrogens (tertiary/aromatic N) is 2. The summed E-state index contributed by atoms with van der Waals surface area (Å²) in [7, 11) is 1.62. The van der Waals surface area contributed by atoms with Crippen LogP contribution in [0.25, 0.3) is 16.9 Å². The molecule has 2 aromatic heterocycles. The Morgan fingerprint density at radius 2 is 1.96 bits per heavy atom. The van der Waals surface area contributed by atoms with Gasteiger partial charge < -0.3 is 14.5 Å². The van der Waals surface area contributed by atoms with E-state index in [-0.39, 0.29) is 12.3 Å². The van der Waals surface area contributed by atoms with E-state index in [0.29, 0.717) is 13.2 Å². The Labute approximate surface area is 154 Å². The Hall–Kier alpha value is -2.66. The molecule has 3 aromatic rings. The van der Waals surface area contributed by atoms with Crippen LogP contribution in [0.2, 0.25) is 0 Å². The summed E-state index contributed by atoms with van der Waals surface area (Å²) in [5, 5.41) is 2.89. The molecule has 5 nitrogen and oxygen atoms in total. The lowest BCUT2D eigenvalue weighted by Gasteiger charge is -2.08. The Morgan fingerprint density at radius 3 is 2.69 bits per heavy atom. The van der Waals surface area contributed by atoms with Crippen LogP contribution >= 0.6 is 0 Å². The number of hydrogen-bond acceptors (Lipinski definition) is 3. The van der Waals surface area contributed by atoms with Crippen molar-refractivity contribution in [2.24, 2.45) is 0 Å². The van der Waals surface area contributed by atoms with Crippen molar-refractivity contribution in [3.8, 4) is 11.3 Å². The van der Waals surface area contributed by atoms with E-state index in [9.17, 15) is 4.79 Å². The summed E-state index contributed by atoms with van der Waals surface area (Å²) < 4.78 is 7.00. The van der Waals surface area contributed by atoms with Gasteiger partial charge in [-0.25, -0.2) is 4.98 Å². The van der Waals surface area contributed by atoms with E-state index >= 15 is 0 Å². The number of imidazole rings is 1. The Bertz CT molecular complexity index is 944. The van der Waals surface area contributed by atoms with E-state index in [4.69, 9.17) is 9.72 Å². The smallest absolute Gasteiger partial charge is 0.226 e. The van der Waals surface area contributed by atoms with Crippen molar-refractivity contribution in [3.05, 3.63) is 58.9 Å². The molecule has 0 unspecified atom stereocenters. The molecule has 0 fully saturated rings. The lowest BCUT2D eigenvalue weighted by atomic mass is 10.0. The van der Waals surface area contributed by atoms with Gasteiger partial charge in [-0.3, -0.25) is 4.79 Å². The lowest BCUT2D eigenvalue weighted by Crippen LogP contribution is -2.28. The van der Waals surface area contributed by atoms with E-state index in [0.717, 1.165) is 28.2 Å². The molecular weight excluding hydrogens is 326 g/mol. The number of carbonyl (C=O) groups excluding carboxylic acids is 1. The van der Waals surface area contributed by atoms with E-state index in [1.54, 1.807) is 7.11 Å². The highest BCUT2D eigenvalue weighted by Gasteiger charge is 2.17. The molecule has 136 valence electrons. The minimum atomic E-state index is -0.0329. The van der Waals surface area contributed by atoms with Crippen LogP contribution in [0.1, 0.15) is 22.4 Å². The number of rotatable bonds is 6. The molecule has 1 aromatic carbocycles. The topological polar surface area (TPSA) is 55.6 Å². The molecule has 0 spiro atoms. The predicted molar refractivity (Wildman–Crippen MR) is 103 cm³/mol. The maximum absolute atomic E-state index is 12.4. The third-order valence-electron chi connectivity index (χ3n) is 4.62. The molecule has 0 atom stereocenters. The maximum Gasteiger partial charge on any atom is 0.226 e. The van der Waals surface area contributed by atoms with E-state index < -0.39 is 0 Å². The number of amides is 1. The molecule has 26 heavy (non-hydrogen) atoms. The first-order chi connectivity index (χ1) is 12.5. The molecule has 1 N–H and O–H groups in total. The van der Waals surface area contributed by atoms with E-state index in [2.05, 4.69) is 37.4 Å². The maximum atomic E-state index is 12.4. The molecule has 3 rings (SSSR count). The zero-order valence-electron chi connectivity index (χ0n) is 15.8. The molecule has 2 heterocycles. The highest BCUT2D eigenvalue weighted by Crippen LogP contribution is 2.27. The molecule has 0 bridgehead atoms. The van der Waals surface area contributed by atoms with Gasteiger partial charge in [0.2, 0.25) is 5.91 Å². The zero-order chi connectivity index (χ0) is 18.7. The standard InChI is InChI=1S/C21H25N3O2/c1-14-7-9-24-18(13-20(25)22-8-10-26-4)21(23-19(24)11-14)17-6-5-15(2)16(3)12-17/h5-7,9,11-12H,8,10,13H2,1-4H3,(H,22,25). The molecule has 0 aliphatic rings. The predicted octanol–water partition coefficient (Wildman–Crippen LogP) is 3.23. The Morgan fingerprint density at radius 1 is 1.15 bits per heavy atom. The molecule has 0 aliphatic carbocycles. The van der Waals surface area contributed by atoms with Crippen LogP contribution in [0.15, 0.2) is 36.5 Å². The highest BCUT2D eigenvalue weighted by atomic mass is 16.5. The first-order valence-electron chi connectivity index (χ1n) is 8.80. The van der Waals surface area contributed by atoms with Crippen molar-refractivity contribution in [1.29, 1.82) is 0 Å². The molecule has 0 radical (unpaired) electrons. The number of benzene rings is 1. The molecule has 1 amide bonds. The van der Waals surface area contributed by atoms with Gasteiger partial charge in [0.1, 0.15) is 5.65 Å². The average Bonchev–Trinajstić information content (AvgIpc) is 2.95. The van der Waals surface area contributed by atoms with Gasteiger partial charge in [-0.05, 0) is 55.7 Å². The fraction of sp³-hybridized carbons (Fsp3) is 0.333. The van der Waals surface area contributed by atoms with Gasteiger partial charge >= 0.3 is 0 Å². The summed E-state index contributed by atoms with van der Waals surface area (Å²) in [6, 6.07) is 10.4. The molecule has 0 saturated carbocycles. The third kappa shape index (κ3) is 3.78. The fourth-order valence-corrected chi connectivity index (χ4v) is 2.99. The number of ether oxygens (including phenoxy) is 1. The van der Waals surface area contributed by atoms with Gasteiger partial charge in [0, 0.05) is 25.4 Å². The van der Waals surface area contributed by atoms with Crippen molar-refractivity contribution in [2.75, 3.05) is 20.3 Å². The van der Waals surface area contributed by atoms with Gasteiger partial charge in [0.25, 0.3) is 0 Å². The number of pyridine rings is 1. The molecule has 0 aliphatic heterocycles. The van der Waals surface area contributed by atoms with Gasteiger partial charge in [-0.15, -0.1) is 0 Å². The van der Waals surface area contributed by atoms with Crippen LogP contribution in [0.5, 0.6) is 0 Å². The molecule has 5 heteroatoms. The quantitative estimate of drug-likeness (QED) is 0.694. The molecular formula is C21H25N3O2. The van der Waals surface area contributed by atoms with Crippen LogP contribution in [-0.2, 0) is 16.0 Å². The van der Waals surface area contributed by atoms with Crippen molar-refractivity contribution in [1.82, 2.24) is 14.7 Å². The SMILES string of the molecule is COCCNC(=O)Cc1c(-c2ccc(C)c(C)c2)nc2cc(C)ccn12. The minimum absolute atomic E-state index is 0.0329. The zero-order valence-corrected chi connectivity index (χ0v) is 15.8. The van der Waals surface area contributed by atoms with Crippen LogP contribution < -0.4 is 5.32 Å². The van der Waals surface area contributed by atoms with E-state index in [1.807, 2.05) is 29.7 Å². The minimum Gasteiger partial charge on any atom is -0.383 e. The largest absolute Gasteiger partial charge is 0.383 e. The Balaban J connectivity index is 2.03. The van der Waals surface area contributed by atoms with Gasteiger partial charge in [0.15, 0.2) is 0 Å². The first-order valence-corrected chi connectivity index (χ1v) is 8.80.